The quantitative estimate of drug-likeness (QED) is 0.275. The number of benzene rings is 5. The third kappa shape index (κ3) is 2.69. The molecule has 2 aromatic heterocycles. The maximum atomic E-state index is 9.19. The molecule has 0 radical (unpaired) electrons. The number of hydrogen-bond donors (Lipinski definition) is 0. The van der Waals surface area contributed by atoms with Crippen molar-refractivity contribution >= 4 is 43.7 Å². The van der Waals surface area contributed by atoms with E-state index in [0.717, 1.165) is 44.2 Å². The standard InChI is InChI=1S/C31H18N2O/c32-19-20-9-13-23(14-10-20)33-28-7-3-1-5-24(28)26-17-21(11-15-29(26)33)22-12-16-31-27(18-22)25-6-2-4-8-30(25)34-31/h1-18H. The third-order valence-electron chi connectivity index (χ3n) is 6.64. The minimum absolute atomic E-state index is 0.661. The Balaban J connectivity index is 1.46. The monoisotopic (exact) mass is 434 g/mol. The van der Waals surface area contributed by atoms with Crippen LogP contribution in [0.4, 0.5) is 0 Å². The largest absolute Gasteiger partial charge is 0.456 e. The molecule has 3 heteroatoms. The molecule has 7 aromatic rings. The van der Waals surface area contributed by atoms with E-state index in [1.807, 2.05) is 42.5 Å². The zero-order valence-electron chi connectivity index (χ0n) is 18.2. The molecule has 0 atom stereocenters. The average Bonchev–Trinajstić information content (AvgIpc) is 3.43. The number of nitrogens with zero attached hydrogens (tertiary/aromatic N) is 2. The summed E-state index contributed by atoms with van der Waals surface area (Å²) in [5, 5.41) is 13.9. The second-order valence-electron chi connectivity index (χ2n) is 8.55. The van der Waals surface area contributed by atoms with Crippen molar-refractivity contribution in [2.24, 2.45) is 0 Å². The molecule has 0 aliphatic rings. The summed E-state index contributed by atoms with van der Waals surface area (Å²) < 4.78 is 8.28. The van der Waals surface area contributed by atoms with Crippen LogP contribution in [0, 0.1) is 11.3 Å². The van der Waals surface area contributed by atoms with Gasteiger partial charge in [0.1, 0.15) is 11.2 Å². The zero-order chi connectivity index (χ0) is 22.6. The van der Waals surface area contributed by atoms with Gasteiger partial charge >= 0.3 is 0 Å². The molecule has 0 N–H and O–H groups in total. The number of nitriles is 1. The van der Waals surface area contributed by atoms with Crippen LogP contribution in [-0.2, 0) is 0 Å². The van der Waals surface area contributed by atoms with Gasteiger partial charge in [0.15, 0.2) is 0 Å². The van der Waals surface area contributed by atoms with Crippen LogP contribution < -0.4 is 0 Å². The molecule has 0 aliphatic heterocycles. The van der Waals surface area contributed by atoms with Gasteiger partial charge in [0.2, 0.25) is 0 Å². The van der Waals surface area contributed by atoms with Gasteiger partial charge in [-0.05, 0) is 71.8 Å². The van der Waals surface area contributed by atoms with Gasteiger partial charge in [-0.1, -0.05) is 48.5 Å². The number of hydrogen-bond acceptors (Lipinski definition) is 2. The summed E-state index contributed by atoms with van der Waals surface area (Å²) in [6.45, 7) is 0. The first-order chi connectivity index (χ1) is 16.8. The van der Waals surface area contributed by atoms with Gasteiger partial charge in [-0.2, -0.15) is 5.26 Å². The smallest absolute Gasteiger partial charge is 0.135 e. The first-order valence-corrected chi connectivity index (χ1v) is 11.3. The van der Waals surface area contributed by atoms with Crippen molar-refractivity contribution < 1.29 is 4.42 Å². The first kappa shape index (κ1) is 18.7. The van der Waals surface area contributed by atoms with Crippen LogP contribution in [-0.4, -0.2) is 4.57 Å². The van der Waals surface area contributed by atoms with E-state index >= 15 is 0 Å². The molecule has 0 spiro atoms. The molecule has 0 amide bonds. The Labute approximate surface area is 195 Å². The Morgan fingerprint density at radius 2 is 1.21 bits per heavy atom. The van der Waals surface area contributed by atoms with Gasteiger partial charge in [0.25, 0.3) is 0 Å². The molecular weight excluding hydrogens is 416 g/mol. The van der Waals surface area contributed by atoms with E-state index < -0.39 is 0 Å². The Morgan fingerprint density at radius 3 is 2.03 bits per heavy atom. The fourth-order valence-electron chi connectivity index (χ4n) is 5.02. The highest BCUT2D eigenvalue weighted by Crippen LogP contribution is 2.37. The van der Waals surface area contributed by atoms with Crippen molar-refractivity contribution in [2.45, 2.75) is 0 Å². The third-order valence-corrected chi connectivity index (χ3v) is 6.64. The fourth-order valence-corrected chi connectivity index (χ4v) is 5.02. The molecular formula is C31H18N2O. The van der Waals surface area contributed by atoms with E-state index in [-0.39, 0.29) is 0 Å². The number of fused-ring (bicyclic) bond motifs is 6. The summed E-state index contributed by atoms with van der Waals surface area (Å²) in [5.41, 5.74) is 8.15. The fraction of sp³-hybridized carbons (Fsp3) is 0. The van der Waals surface area contributed by atoms with Crippen LogP contribution in [0.3, 0.4) is 0 Å². The van der Waals surface area contributed by atoms with Crippen molar-refractivity contribution in [3.63, 3.8) is 0 Å². The van der Waals surface area contributed by atoms with Gasteiger partial charge in [0.05, 0.1) is 22.7 Å². The van der Waals surface area contributed by atoms with Crippen molar-refractivity contribution in [1.82, 2.24) is 4.57 Å². The highest BCUT2D eigenvalue weighted by atomic mass is 16.3. The molecule has 3 nitrogen and oxygen atoms in total. The molecule has 0 saturated carbocycles. The molecule has 2 heterocycles. The SMILES string of the molecule is N#Cc1ccc(-n2c3ccccc3c3cc(-c4ccc5oc6ccccc6c5c4)ccc32)cc1. The van der Waals surface area contributed by atoms with Crippen molar-refractivity contribution in [3.8, 4) is 22.9 Å². The van der Waals surface area contributed by atoms with Gasteiger partial charge in [0, 0.05) is 27.2 Å². The lowest BCUT2D eigenvalue weighted by atomic mass is 10.0. The highest BCUT2D eigenvalue weighted by Gasteiger charge is 2.14. The number of furan rings is 1. The van der Waals surface area contributed by atoms with Gasteiger partial charge in [-0.25, -0.2) is 0 Å². The Hall–Kier alpha value is -4.81. The predicted octanol–water partition coefficient (Wildman–Crippen LogP) is 8.22. The Kier molecular flexibility index (Phi) is 3.91. The van der Waals surface area contributed by atoms with E-state index in [0.29, 0.717) is 5.56 Å². The summed E-state index contributed by atoms with van der Waals surface area (Å²) in [4.78, 5) is 0. The second kappa shape index (κ2) is 7.10. The normalized spacial score (nSPS) is 11.5. The van der Waals surface area contributed by atoms with Crippen LogP contribution in [0.2, 0.25) is 0 Å². The van der Waals surface area contributed by atoms with E-state index in [1.165, 1.54) is 16.3 Å². The predicted molar refractivity (Wildman–Crippen MR) is 138 cm³/mol. The average molecular weight is 434 g/mol. The van der Waals surface area contributed by atoms with E-state index in [4.69, 9.17) is 4.42 Å². The van der Waals surface area contributed by atoms with Crippen molar-refractivity contribution in [2.75, 3.05) is 0 Å². The first-order valence-electron chi connectivity index (χ1n) is 11.3. The molecule has 0 unspecified atom stereocenters. The second-order valence-corrected chi connectivity index (χ2v) is 8.55. The van der Waals surface area contributed by atoms with Gasteiger partial charge in [-0.15, -0.1) is 0 Å². The summed E-state index contributed by atoms with van der Waals surface area (Å²) in [6.07, 6.45) is 0. The van der Waals surface area contributed by atoms with Crippen molar-refractivity contribution in [3.05, 3.63) is 115 Å². The molecule has 0 aliphatic carbocycles. The number of rotatable bonds is 2. The Morgan fingerprint density at radius 1 is 0.559 bits per heavy atom. The zero-order valence-corrected chi connectivity index (χ0v) is 18.2. The van der Waals surface area contributed by atoms with Gasteiger partial charge in [-0.3, -0.25) is 0 Å². The molecule has 34 heavy (non-hydrogen) atoms. The van der Waals surface area contributed by atoms with E-state index in [2.05, 4.69) is 77.4 Å². The highest BCUT2D eigenvalue weighted by molar-refractivity contribution is 6.11. The van der Waals surface area contributed by atoms with Crippen LogP contribution in [0.1, 0.15) is 5.56 Å². The molecule has 5 aromatic carbocycles. The maximum absolute atomic E-state index is 9.19. The molecule has 158 valence electrons. The molecule has 0 fully saturated rings. The minimum Gasteiger partial charge on any atom is -0.456 e. The summed E-state index contributed by atoms with van der Waals surface area (Å²) in [6, 6.07) is 39.7. The van der Waals surface area contributed by atoms with Gasteiger partial charge < -0.3 is 8.98 Å². The minimum atomic E-state index is 0.661. The lowest BCUT2D eigenvalue weighted by Gasteiger charge is -2.08. The number of aromatic nitrogens is 1. The van der Waals surface area contributed by atoms with Crippen LogP contribution >= 0.6 is 0 Å². The lowest BCUT2D eigenvalue weighted by Crippen LogP contribution is -1.93. The number of para-hydroxylation sites is 2. The van der Waals surface area contributed by atoms with Crippen LogP contribution in [0.25, 0.3) is 60.6 Å². The summed E-state index contributed by atoms with van der Waals surface area (Å²) >= 11 is 0. The lowest BCUT2D eigenvalue weighted by molar-refractivity contribution is 0.669. The van der Waals surface area contributed by atoms with Crippen LogP contribution in [0.5, 0.6) is 0 Å². The van der Waals surface area contributed by atoms with E-state index in [1.54, 1.807) is 0 Å². The Bertz CT molecular complexity index is 1910. The van der Waals surface area contributed by atoms with Crippen molar-refractivity contribution in [1.29, 1.82) is 5.26 Å². The van der Waals surface area contributed by atoms with E-state index in [9.17, 15) is 5.26 Å². The summed E-state index contributed by atoms with van der Waals surface area (Å²) in [5.74, 6) is 0. The molecule has 0 saturated heterocycles. The molecule has 7 rings (SSSR count). The molecule has 0 bridgehead atoms. The maximum Gasteiger partial charge on any atom is 0.135 e. The topological polar surface area (TPSA) is 41.9 Å². The summed E-state index contributed by atoms with van der Waals surface area (Å²) in [7, 11) is 0. The van der Waals surface area contributed by atoms with Crippen LogP contribution in [0.15, 0.2) is 114 Å².